The quantitative estimate of drug-likeness (QED) is 0.799. The standard InChI is InChI=1S/C14H23NO/c1-5-6-12(4)15-9-13-7-10(2)11(3)8-14(13)16/h7-8,12,15-16H,5-6,9H2,1-4H3. The second kappa shape index (κ2) is 5.90. The van der Waals surface area contributed by atoms with E-state index in [1.54, 1.807) is 0 Å². The first-order valence-electron chi connectivity index (χ1n) is 6.07. The first-order valence-corrected chi connectivity index (χ1v) is 6.07. The molecule has 16 heavy (non-hydrogen) atoms. The molecule has 0 aliphatic carbocycles. The molecule has 1 aromatic rings. The Labute approximate surface area is 98.7 Å². The van der Waals surface area contributed by atoms with Crippen LogP contribution in [0.15, 0.2) is 12.1 Å². The minimum atomic E-state index is 0.402. The van der Waals surface area contributed by atoms with E-state index in [1.807, 2.05) is 13.0 Å². The van der Waals surface area contributed by atoms with E-state index in [4.69, 9.17) is 0 Å². The molecule has 0 bridgehead atoms. The van der Waals surface area contributed by atoms with Gasteiger partial charge in [-0.25, -0.2) is 0 Å². The topological polar surface area (TPSA) is 32.3 Å². The van der Waals surface area contributed by atoms with Crippen LogP contribution >= 0.6 is 0 Å². The largest absolute Gasteiger partial charge is 0.508 e. The fraction of sp³-hybridized carbons (Fsp3) is 0.571. The van der Waals surface area contributed by atoms with Crippen molar-refractivity contribution >= 4 is 0 Å². The number of hydrogen-bond acceptors (Lipinski definition) is 2. The number of phenolic OH excluding ortho intramolecular Hbond substituents is 1. The smallest absolute Gasteiger partial charge is 0.120 e. The monoisotopic (exact) mass is 221 g/mol. The summed E-state index contributed by atoms with van der Waals surface area (Å²) in [5, 5.41) is 13.2. The predicted molar refractivity (Wildman–Crippen MR) is 68.8 cm³/mol. The van der Waals surface area contributed by atoms with Gasteiger partial charge in [0, 0.05) is 18.2 Å². The Morgan fingerprint density at radius 3 is 2.50 bits per heavy atom. The lowest BCUT2D eigenvalue weighted by Crippen LogP contribution is -2.25. The normalized spacial score (nSPS) is 12.8. The Hall–Kier alpha value is -1.02. The fourth-order valence-electron chi connectivity index (χ4n) is 1.82. The van der Waals surface area contributed by atoms with Crippen molar-refractivity contribution in [1.82, 2.24) is 5.32 Å². The number of benzene rings is 1. The summed E-state index contributed by atoms with van der Waals surface area (Å²) in [4.78, 5) is 0. The molecule has 0 saturated carbocycles. The van der Waals surface area contributed by atoms with Crippen molar-refractivity contribution in [3.05, 3.63) is 28.8 Å². The zero-order valence-electron chi connectivity index (χ0n) is 10.8. The highest BCUT2D eigenvalue weighted by Crippen LogP contribution is 2.21. The SMILES string of the molecule is CCCC(C)NCc1cc(C)c(C)cc1O. The summed E-state index contributed by atoms with van der Waals surface area (Å²) in [6.07, 6.45) is 2.36. The van der Waals surface area contributed by atoms with E-state index < -0.39 is 0 Å². The lowest BCUT2D eigenvalue weighted by molar-refractivity contribution is 0.453. The molecule has 90 valence electrons. The molecule has 0 aliphatic heterocycles. The zero-order valence-corrected chi connectivity index (χ0v) is 10.8. The highest BCUT2D eigenvalue weighted by atomic mass is 16.3. The van der Waals surface area contributed by atoms with E-state index in [0.29, 0.717) is 11.8 Å². The molecule has 0 radical (unpaired) electrons. The number of aromatic hydroxyl groups is 1. The molecular formula is C14H23NO. The Morgan fingerprint density at radius 2 is 1.88 bits per heavy atom. The number of phenols is 1. The maximum atomic E-state index is 9.82. The number of nitrogens with one attached hydrogen (secondary N) is 1. The number of hydrogen-bond donors (Lipinski definition) is 2. The summed E-state index contributed by atoms with van der Waals surface area (Å²) in [5.74, 6) is 0.402. The first kappa shape index (κ1) is 13.0. The molecule has 0 saturated heterocycles. The van der Waals surface area contributed by atoms with Gasteiger partial charge in [-0.2, -0.15) is 0 Å². The average molecular weight is 221 g/mol. The van der Waals surface area contributed by atoms with Crippen LogP contribution < -0.4 is 5.32 Å². The summed E-state index contributed by atoms with van der Waals surface area (Å²) in [7, 11) is 0. The van der Waals surface area contributed by atoms with Crippen LogP contribution in [0.1, 0.15) is 43.4 Å². The zero-order chi connectivity index (χ0) is 12.1. The van der Waals surface area contributed by atoms with E-state index >= 15 is 0 Å². The van der Waals surface area contributed by atoms with Gasteiger partial charge < -0.3 is 10.4 Å². The average Bonchev–Trinajstić information content (AvgIpc) is 2.22. The molecule has 0 aliphatic rings. The van der Waals surface area contributed by atoms with Gasteiger partial charge in [-0.1, -0.05) is 19.4 Å². The van der Waals surface area contributed by atoms with Crippen LogP contribution in [0.4, 0.5) is 0 Å². The highest BCUT2D eigenvalue weighted by Gasteiger charge is 2.06. The minimum Gasteiger partial charge on any atom is -0.508 e. The van der Waals surface area contributed by atoms with Gasteiger partial charge in [0.05, 0.1) is 0 Å². The van der Waals surface area contributed by atoms with Gasteiger partial charge >= 0.3 is 0 Å². The highest BCUT2D eigenvalue weighted by molar-refractivity contribution is 5.40. The molecule has 2 heteroatoms. The fourth-order valence-corrected chi connectivity index (χ4v) is 1.82. The number of aryl methyl sites for hydroxylation is 2. The summed E-state index contributed by atoms with van der Waals surface area (Å²) in [5.41, 5.74) is 3.37. The molecule has 0 fully saturated rings. The summed E-state index contributed by atoms with van der Waals surface area (Å²) < 4.78 is 0. The van der Waals surface area contributed by atoms with Crippen molar-refractivity contribution in [2.45, 2.75) is 53.1 Å². The second-order valence-corrected chi connectivity index (χ2v) is 4.64. The second-order valence-electron chi connectivity index (χ2n) is 4.64. The maximum absolute atomic E-state index is 9.82. The lowest BCUT2D eigenvalue weighted by Gasteiger charge is -2.14. The molecule has 0 heterocycles. The van der Waals surface area contributed by atoms with E-state index in [0.717, 1.165) is 17.7 Å². The van der Waals surface area contributed by atoms with Crippen molar-refractivity contribution in [1.29, 1.82) is 0 Å². The predicted octanol–water partition coefficient (Wildman–Crippen LogP) is 3.29. The molecular weight excluding hydrogens is 198 g/mol. The van der Waals surface area contributed by atoms with E-state index in [9.17, 15) is 5.11 Å². The van der Waals surface area contributed by atoms with Crippen LogP contribution in [0.5, 0.6) is 5.75 Å². The van der Waals surface area contributed by atoms with Crippen molar-refractivity contribution in [3.8, 4) is 5.75 Å². The van der Waals surface area contributed by atoms with Crippen molar-refractivity contribution in [2.75, 3.05) is 0 Å². The summed E-state index contributed by atoms with van der Waals surface area (Å²) in [6.45, 7) is 9.21. The molecule has 0 spiro atoms. The van der Waals surface area contributed by atoms with Crippen molar-refractivity contribution in [2.24, 2.45) is 0 Å². The van der Waals surface area contributed by atoms with Crippen LogP contribution in [-0.4, -0.2) is 11.1 Å². The molecule has 1 unspecified atom stereocenters. The molecule has 1 aromatic carbocycles. The first-order chi connectivity index (χ1) is 7.54. The number of rotatable bonds is 5. The van der Waals surface area contributed by atoms with Crippen LogP contribution in [0, 0.1) is 13.8 Å². The third-order valence-corrected chi connectivity index (χ3v) is 3.06. The van der Waals surface area contributed by atoms with Gasteiger partial charge in [-0.15, -0.1) is 0 Å². The van der Waals surface area contributed by atoms with Crippen LogP contribution in [0.2, 0.25) is 0 Å². The Balaban J connectivity index is 2.63. The van der Waals surface area contributed by atoms with Crippen molar-refractivity contribution in [3.63, 3.8) is 0 Å². The molecule has 2 nitrogen and oxygen atoms in total. The molecule has 0 aromatic heterocycles. The van der Waals surface area contributed by atoms with Gasteiger partial charge in [-0.3, -0.25) is 0 Å². The molecule has 2 N–H and O–H groups in total. The van der Waals surface area contributed by atoms with Crippen LogP contribution in [-0.2, 0) is 6.54 Å². The lowest BCUT2D eigenvalue weighted by atomic mass is 10.0. The molecule has 1 atom stereocenters. The molecule has 1 rings (SSSR count). The van der Waals surface area contributed by atoms with Crippen molar-refractivity contribution < 1.29 is 5.11 Å². The minimum absolute atomic E-state index is 0.402. The van der Waals surface area contributed by atoms with Crippen LogP contribution in [0.25, 0.3) is 0 Å². The van der Waals surface area contributed by atoms with E-state index in [1.165, 1.54) is 18.4 Å². The van der Waals surface area contributed by atoms with Gasteiger partial charge in [0.1, 0.15) is 5.75 Å². The maximum Gasteiger partial charge on any atom is 0.120 e. The Morgan fingerprint density at radius 1 is 1.25 bits per heavy atom. The van der Waals surface area contributed by atoms with E-state index in [-0.39, 0.29) is 0 Å². The summed E-state index contributed by atoms with van der Waals surface area (Å²) >= 11 is 0. The molecule has 0 amide bonds. The van der Waals surface area contributed by atoms with E-state index in [2.05, 4.69) is 32.2 Å². The third kappa shape index (κ3) is 3.53. The summed E-state index contributed by atoms with van der Waals surface area (Å²) in [6, 6.07) is 4.42. The van der Waals surface area contributed by atoms with Gasteiger partial charge in [0.25, 0.3) is 0 Å². The van der Waals surface area contributed by atoms with Gasteiger partial charge in [0.2, 0.25) is 0 Å². The van der Waals surface area contributed by atoms with Gasteiger partial charge in [0.15, 0.2) is 0 Å². The third-order valence-electron chi connectivity index (χ3n) is 3.06. The van der Waals surface area contributed by atoms with Crippen LogP contribution in [0.3, 0.4) is 0 Å². The van der Waals surface area contributed by atoms with Gasteiger partial charge in [-0.05, 0) is 44.4 Å². The Bertz CT molecular complexity index is 347. The Kier molecular flexibility index (Phi) is 4.81.